The molecule has 0 aromatic heterocycles. The average molecular weight is 298 g/mol. The van der Waals surface area contributed by atoms with Crippen molar-refractivity contribution in [1.82, 2.24) is 0 Å². The first kappa shape index (κ1) is 14.3. The Morgan fingerprint density at radius 1 is 1.29 bits per heavy atom. The zero-order chi connectivity index (χ0) is 15.3. The van der Waals surface area contributed by atoms with Gasteiger partial charge < -0.3 is 18.9 Å². The lowest BCUT2D eigenvalue weighted by atomic mass is 9.78. The lowest BCUT2D eigenvalue weighted by molar-refractivity contribution is -0.166. The lowest BCUT2D eigenvalue weighted by Gasteiger charge is -2.27. The summed E-state index contributed by atoms with van der Waals surface area (Å²) >= 11 is 0. The summed E-state index contributed by atoms with van der Waals surface area (Å²) in [5.41, 5.74) is 0. The highest BCUT2D eigenvalue weighted by Gasteiger charge is 2.72. The summed E-state index contributed by atoms with van der Waals surface area (Å²) in [6.07, 6.45) is -1.89. The molecule has 3 fully saturated rings. The molecule has 0 aromatic rings. The van der Waals surface area contributed by atoms with Crippen LogP contribution in [0.2, 0.25) is 0 Å². The second kappa shape index (κ2) is 4.98. The van der Waals surface area contributed by atoms with E-state index in [1.165, 1.54) is 7.11 Å². The molecule has 3 aliphatic heterocycles. The number of methoxy groups -OCH3 is 1. The Hall–Kier alpha value is -1.63. The summed E-state index contributed by atoms with van der Waals surface area (Å²) < 4.78 is 21.1. The fraction of sp³-hybridized carbons (Fsp3) is 0.786. The van der Waals surface area contributed by atoms with Gasteiger partial charge in [-0.05, 0) is 6.42 Å². The van der Waals surface area contributed by atoms with Gasteiger partial charge in [-0.25, -0.2) is 0 Å². The topological polar surface area (TPSA) is 88.1 Å². The van der Waals surface area contributed by atoms with Gasteiger partial charge in [-0.15, -0.1) is 0 Å². The molecule has 7 nitrogen and oxygen atoms in total. The third-order valence-corrected chi connectivity index (χ3v) is 4.65. The van der Waals surface area contributed by atoms with Crippen LogP contribution in [0.15, 0.2) is 0 Å². The Bertz CT molecular complexity index is 488. The number of carbonyl (C=O) groups is 3. The molecule has 0 aliphatic carbocycles. The first-order chi connectivity index (χ1) is 9.99. The highest BCUT2D eigenvalue weighted by molar-refractivity contribution is 5.86. The summed E-state index contributed by atoms with van der Waals surface area (Å²) in [6, 6.07) is 0. The molecule has 21 heavy (non-hydrogen) atoms. The SMILES string of the molecule is CCC(C)C(=O)OC1C2OC(=O)C3C2OC1C3C(=O)OC. The zero-order valence-electron chi connectivity index (χ0n) is 12.1. The normalized spacial score (nSPS) is 40.8. The van der Waals surface area contributed by atoms with Gasteiger partial charge in [0.25, 0.3) is 0 Å². The van der Waals surface area contributed by atoms with Crippen molar-refractivity contribution in [2.75, 3.05) is 7.11 Å². The highest BCUT2D eigenvalue weighted by atomic mass is 16.7. The van der Waals surface area contributed by atoms with Crippen LogP contribution in [0, 0.1) is 17.8 Å². The van der Waals surface area contributed by atoms with Crippen molar-refractivity contribution in [3.8, 4) is 0 Å². The molecule has 2 bridgehead atoms. The molecule has 0 radical (unpaired) electrons. The Labute approximate surface area is 121 Å². The quantitative estimate of drug-likeness (QED) is 0.535. The largest absolute Gasteiger partial charge is 0.469 e. The molecule has 0 N–H and O–H groups in total. The van der Waals surface area contributed by atoms with E-state index in [1.807, 2.05) is 6.92 Å². The van der Waals surface area contributed by atoms with Crippen LogP contribution in [0.3, 0.4) is 0 Å². The van der Waals surface area contributed by atoms with Gasteiger partial charge in [0.2, 0.25) is 0 Å². The van der Waals surface area contributed by atoms with Gasteiger partial charge >= 0.3 is 17.9 Å². The molecule has 0 amide bonds. The van der Waals surface area contributed by atoms with Crippen LogP contribution in [0.1, 0.15) is 20.3 Å². The predicted molar refractivity (Wildman–Crippen MR) is 66.9 cm³/mol. The molecule has 0 spiro atoms. The summed E-state index contributed by atoms with van der Waals surface area (Å²) in [5.74, 6) is -3.05. The Morgan fingerprint density at radius 2 is 2.00 bits per heavy atom. The molecule has 7 atom stereocenters. The first-order valence-electron chi connectivity index (χ1n) is 7.13. The maximum absolute atomic E-state index is 12.0. The number of rotatable bonds is 4. The van der Waals surface area contributed by atoms with Crippen LogP contribution in [0.4, 0.5) is 0 Å². The second-order valence-electron chi connectivity index (χ2n) is 5.75. The van der Waals surface area contributed by atoms with Crippen molar-refractivity contribution in [1.29, 1.82) is 0 Å². The highest BCUT2D eigenvalue weighted by Crippen LogP contribution is 2.51. The van der Waals surface area contributed by atoms with E-state index in [-0.39, 0.29) is 11.9 Å². The number of carbonyl (C=O) groups excluding carboxylic acids is 3. The third-order valence-electron chi connectivity index (χ3n) is 4.65. The standard InChI is InChI=1S/C14H18O7/c1-4-5(2)12(15)20-10-8-6(13(16)18-3)7-9(19-8)11(10)21-14(7)17/h5-11H,4H2,1-3H3. The average Bonchev–Trinajstić information content (AvgIpc) is 3.08. The Kier molecular flexibility index (Phi) is 3.39. The Morgan fingerprint density at radius 3 is 2.62 bits per heavy atom. The smallest absolute Gasteiger partial charge is 0.313 e. The van der Waals surface area contributed by atoms with E-state index >= 15 is 0 Å². The number of hydrogen-bond donors (Lipinski definition) is 0. The molecule has 0 aromatic carbocycles. The molecule has 3 saturated heterocycles. The van der Waals surface area contributed by atoms with Crippen LogP contribution in [0.5, 0.6) is 0 Å². The molecular formula is C14H18O7. The molecular weight excluding hydrogens is 280 g/mol. The van der Waals surface area contributed by atoms with Crippen LogP contribution < -0.4 is 0 Å². The monoisotopic (exact) mass is 298 g/mol. The summed E-state index contributed by atoms with van der Waals surface area (Å²) in [7, 11) is 1.26. The molecule has 7 heteroatoms. The number of hydrogen-bond acceptors (Lipinski definition) is 7. The van der Waals surface area contributed by atoms with Gasteiger partial charge in [-0.2, -0.15) is 0 Å². The molecule has 7 unspecified atom stereocenters. The molecule has 3 heterocycles. The third kappa shape index (κ3) is 1.94. The minimum atomic E-state index is -0.763. The van der Waals surface area contributed by atoms with Gasteiger partial charge in [0.1, 0.15) is 24.0 Å². The molecule has 3 rings (SSSR count). The van der Waals surface area contributed by atoms with Crippen LogP contribution in [-0.2, 0) is 33.3 Å². The predicted octanol–water partition coefficient (Wildman–Crippen LogP) is 0.0561. The zero-order valence-corrected chi connectivity index (χ0v) is 12.1. The fourth-order valence-electron chi connectivity index (χ4n) is 3.29. The van der Waals surface area contributed by atoms with Gasteiger partial charge in [-0.3, -0.25) is 14.4 Å². The first-order valence-corrected chi connectivity index (χ1v) is 7.13. The fourth-order valence-corrected chi connectivity index (χ4v) is 3.29. The molecule has 0 saturated carbocycles. The van der Waals surface area contributed by atoms with Crippen molar-refractivity contribution in [2.24, 2.45) is 17.8 Å². The molecule has 116 valence electrons. The van der Waals surface area contributed by atoms with E-state index in [9.17, 15) is 14.4 Å². The van der Waals surface area contributed by atoms with E-state index in [0.29, 0.717) is 6.42 Å². The van der Waals surface area contributed by atoms with E-state index < -0.39 is 48.2 Å². The van der Waals surface area contributed by atoms with Crippen molar-refractivity contribution < 1.29 is 33.3 Å². The maximum atomic E-state index is 12.0. The lowest BCUT2D eigenvalue weighted by Crippen LogP contribution is -2.48. The van der Waals surface area contributed by atoms with E-state index in [2.05, 4.69) is 0 Å². The van der Waals surface area contributed by atoms with Crippen molar-refractivity contribution >= 4 is 17.9 Å². The van der Waals surface area contributed by atoms with Crippen LogP contribution in [-0.4, -0.2) is 49.4 Å². The number of fused-ring (bicyclic) bond motifs is 1. The maximum Gasteiger partial charge on any atom is 0.313 e. The van der Waals surface area contributed by atoms with Crippen LogP contribution >= 0.6 is 0 Å². The molecule has 3 aliphatic rings. The minimum Gasteiger partial charge on any atom is -0.469 e. The minimum absolute atomic E-state index is 0.256. The summed E-state index contributed by atoms with van der Waals surface area (Å²) in [5, 5.41) is 0. The summed E-state index contributed by atoms with van der Waals surface area (Å²) in [6.45, 7) is 3.64. The summed E-state index contributed by atoms with van der Waals surface area (Å²) in [4.78, 5) is 35.8. The van der Waals surface area contributed by atoms with E-state index in [0.717, 1.165) is 0 Å². The van der Waals surface area contributed by atoms with Crippen LogP contribution in [0.25, 0.3) is 0 Å². The van der Waals surface area contributed by atoms with E-state index in [1.54, 1.807) is 6.92 Å². The number of esters is 3. The van der Waals surface area contributed by atoms with Gasteiger partial charge in [0.15, 0.2) is 12.2 Å². The van der Waals surface area contributed by atoms with Gasteiger partial charge in [0.05, 0.1) is 13.0 Å². The van der Waals surface area contributed by atoms with Gasteiger partial charge in [0, 0.05) is 0 Å². The number of ether oxygens (including phenoxy) is 4. The van der Waals surface area contributed by atoms with Crippen molar-refractivity contribution in [3.63, 3.8) is 0 Å². The second-order valence-corrected chi connectivity index (χ2v) is 5.75. The Balaban J connectivity index is 1.82. The van der Waals surface area contributed by atoms with Crippen molar-refractivity contribution in [2.45, 2.75) is 44.7 Å². The van der Waals surface area contributed by atoms with Gasteiger partial charge in [-0.1, -0.05) is 13.8 Å². The van der Waals surface area contributed by atoms with Crippen molar-refractivity contribution in [3.05, 3.63) is 0 Å². The van der Waals surface area contributed by atoms with E-state index in [4.69, 9.17) is 18.9 Å².